The predicted molar refractivity (Wildman–Crippen MR) is 188 cm³/mol. The number of nitrogens with one attached hydrogen (secondary N) is 2. The standard InChI is InChI=1S/C39H49N2O2P/c1-3-32(41-37(42)27-13-8-11-21-31-19-9-7-10-20-31)22-12-5-4-6-18-28-39(38(43)40-29-30(2)44)35-25-16-14-23-33(35)34-24-15-17-26-36(34)39/h5,7,9-10,12,14-17,19-20,23-26,32H,2-4,6,8,11,13,18,21-22,27-29,44H2,1H3,(H,40,43)(H,41,42)/b12-5+. The summed E-state index contributed by atoms with van der Waals surface area (Å²) in [4.78, 5) is 26.4. The second kappa shape index (κ2) is 17.1. The van der Waals surface area contributed by atoms with E-state index in [2.05, 4.69) is 106 Å². The Morgan fingerprint density at radius 3 is 2.16 bits per heavy atom. The van der Waals surface area contributed by atoms with Gasteiger partial charge in [0.15, 0.2) is 0 Å². The number of unbranched alkanes of at least 4 members (excludes halogenated alkanes) is 4. The number of hydrogen-bond donors (Lipinski definition) is 2. The van der Waals surface area contributed by atoms with E-state index in [1.807, 2.05) is 18.2 Å². The van der Waals surface area contributed by atoms with Crippen LogP contribution in [0, 0.1) is 0 Å². The van der Waals surface area contributed by atoms with Crippen LogP contribution in [0.3, 0.4) is 0 Å². The SMILES string of the molecule is C=C(P)CNC(=O)C1(CCCC/C=C/CC(CC)NC(=O)CCCCCc2ccccc2)c2ccccc2-c2ccccc21. The van der Waals surface area contributed by atoms with Crippen LogP contribution >= 0.6 is 9.24 Å². The number of hydrogen-bond acceptors (Lipinski definition) is 2. The van der Waals surface area contributed by atoms with E-state index in [9.17, 15) is 9.59 Å². The molecule has 3 aromatic carbocycles. The third-order valence-electron chi connectivity index (χ3n) is 8.76. The molecule has 0 bridgehead atoms. The molecule has 2 atom stereocenters. The fourth-order valence-corrected chi connectivity index (χ4v) is 6.49. The van der Waals surface area contributed by atoms with Crippen LogP contribution in [-0.2, 0) is 21.4 Å². The molecular weight excluding hydrogens is 559 g/mol. The molecule has 2 amide bonds. The molecule has 2 unspecified atom stereocenters. The summed E-state index contributed by atoms with van der Waals surface area (Å²) < 4.78 is 0. The van der Waals surface area contributed by atoms with Gasteiger partial charge >= 0.3 is 0 Å². The summed E-state index contributed by atoms with van der Waals surface area (Å²) in [6, 6.07) is 27.4. The molecular formula is C39H49N2O2P. The Hall–Kier alpha value is -3.49. The van der Waals surface area contributed by atoms with Crippen molar-refractivity contribution in [1.82, 2.24) is 10.6 Å². The fourth-order valence-electron chi connectivity index (χ4n) is 6.39. The second-order valence-corrected chi connectivity index (χ2v) is 12.8. The number of carbonyl (C=O) groups excluding carboxylic acids is 2. The lowest BCUT2D eigenvalue weighted by molar-refractivity contribution is -0.125. The first-order chi connectivity index (χ1) is 21.5. The number of benzene rings is 3. The highest BCUT2D eigenvalue weighted by molar-refractivity contribution is 7.22. The Bertz CT molecular complexity index is 1370. The summed E-state index contributed by atoms with van der Waals surface area (Å²) in [5.41, 5.74) is 5.18. The van der Waals surface area contributed by atoms with Gasteiger partial charge in [-0.3, -0.25) is 9.59 Å². The van der Waals surface area contributed by atoms with Crippen molar-refractivity contribution >= 4 is 21.1 Å². The van der Waals surface area contributed by atoms with E-state index in [-0.39, 0.29) is 17.9 Å². The van der Waals surface area contributed by atoms with Gasteiger partial charge in [-0.25, -0.2) is 0 Å². The smallest absolute Gasteiger partial charge is 0.235 e. The third-order valence-corrected chi connectivity index (χ3v) is 8.96. The number of rotatable bonds is 18. The topological polar surface area (TPSA) is 58.2 Å². The number of carbonyl (C=O) groups is 2. The minimum atomic E-state index is -0.698. The van der Waals surface area contributed by atoms with Crippen molar-refractivity contribution in [3.05, 3.63) is 120 Å². The minimum absolute atomic E-state index is 0.0479. The highest BCUT2D eigenvalue weighted by atomic mass is 31.0. The van der Waals surface area contributed by atoms with Gasteiger partial charge in [-0.2, -0.15) is 0 Å². The molecule has 1 aliphatic carbocycles. The summed E-state index contributed by atoms with van der Waals surface area (Å²) in [6.45, 7) is 6.53. The zero-order valence-corrected chi connectivity index (χ0v) is 27.5. The van der Waals surface area contributed by atoms with E-state index in [1.165, 1.54) is 5.56 Å². The van der Waals surface area contributed by atoms with Crippen LogP contribution in [0.4, 0.5) is 0 Å². The van der Waals surface area contributed by atoms with Crippen LogP contribution in [0.5, 0.6) is 0 Å². The lowest BCUT2D eigenvalue weighted by Gasteiger charge is -2.31. The van der Waals surface area contributed by atoms with E-state index in [0.717, 1.165) is 91.8 Å². The monoisotopic (exact) mass is 608 g/mol. The summed E-state index contributed by atoms with van der Waals surface area (Å²) >= 11 is 0. The Kier molecular flexibility index (Phi) is 13.0. The molecule has 0 aromatic heterocycles. The second-order valence-electron chi connectivity index (χ2n) is 12.0. The average molecular weight is 609 g/mol. The number of aryl methyl sites for hydroxylation is 1. The van der Waals surface area contributed by atoms with E-state index in [0.29, 0.717) is 13.0 Å². The zero-order chi connectivity index (χ0) is 31.2. The minimum Gasteiger partial charge on any atom is -0.353 e. The van der Waals surface area contributed by atoms with Gasteiger partial charge in [-0.05, 0) is 84.5 Å². The van der Waals surface area contributed by atoms with Gasteiger partial charge in [0.1, 0.15) is 5.41 Å². The van der Waals surface area contributed by atoms with Crippen molar-refractivity contribution in [1.29, 1.82) is 0 Å². The van der Waals surface area contributed by atoms with Crippen molar-refractivity contribution < 1.29 is 9.59 Å². The molecule has 0 saturated carbocycles. The largest absolute Gasteiger partial charge is 0.353 e. The molecule has 4 nitrogen and oxygen atoms in total. The van der Waals surface area contributed by atoms with Gasteiger partial charge in [-0.1, -0.05) is 117 Å². The van der Waals surface area contributed by atoms with Crippen molar-refractivity contribution in [2.75, 3.05) is 6.54 Å². The fraction of sp³-hybridized carbons (Fsp3) is 0.385. The third kappa shape index (κ3) is 8.79. The van der Waals surface area contributed by atoms with E-state index >= 15 is 0 Å². The molecule has 44 heavy (non-hydrogen) atoms. The van der Waals surface area contributed by atoms with Crippen molar-refractivity contribution in [2.45, 2.75) is 89.0 Å². The molecule has 232 valence electrons. The molecule has 5 heteroatoms. The van der Waals surface area contributed by atoms with Crippen LogP contribution in [0.1, 0.15) is 87.8 Å². The summed E-state index contributed by atoms with van der Waals surface area (Å²) in [7, 11) is 2.59. The van der Waals surface area contributed by atoms with Gasteiger partial charge in [0.2, 0.25) is 11.8 Å². The van der Waals surface area contributed by atoms with Crippen molar-refractivity contribution in [2.24, 2.45) is 0 Å². The maximum absolute atomic E-state index is 13.9. The van der Waals surface area contributed by atoms with E-state index in [1.54, 1.807) is 0 Å². The van der Waals surface area contributed by atoms with Gasteiger partial charge in [0, 0.05) is 19.0 Å². The zero-order valence-electron chi connectivity index (χ0n) is 26.3. The summed E-state index contributed by atoms with van der Waals surface area (Å²) in [6.07, 6.45) is 14.7. The lowest BCUT2D eigenvalue weighted by Crippen LogP contribution is -2.44. The van der Waals surface area contributed by atoms with Crippen molar-refractivity contribution in [3.8, 4) is 11.1 Å². The van der Waals surface area contributed by atoms with Crippen molar-refractivity contribution in [3.63, 3.8) is 0 Å². The van der Waals surface area contributed by atoms with Crippen LogP contribution in [0.2, 0.25) is 0 Å². The van der Waals surface area contributed by atoms with Crippen LogP contribution in [0.25, 0.3) is 11.1 Å². The Labute approximate surface area is 267 Å². The molecule has 2 N–H and O–H groups in total. The van der Waals surface area contributed by atoms with E-state index < -0.39 is 5.41 Å². The molecule has 1 aliphatic rings. The first-order valence-electron chi connectivity index (χ1n) is 16.3. The summed E-state index contributed by atoms with van der Waals surface area (Å²) in [5.74, 6) is 0.211. The molecule has 4 rings (SSSR count). The molecule has 0 fully saturated rings. The molecule has 0 heterocycles. The highest BCUT2D eigenvalue weighted by Gasteiger charge is 2.48. The maximum atomic E-state index is 13.9. The first kappa shape index (κ1) is 33.4. The van der Waals surface area contributed by atoms with Gasteiger partial charge in [0.25, 0.3) is 0 Å². The maximum Gasteiger partial charge on any atom is 0.235 e. The molecule has 0 aliphatic heterocycles. The molecule has 0 spiro atoms. The quantitative estimate of drug-likeness (QED) is 0.0863. The van der Waals surface area contributed by atoms with Crippen LogP contribution in [-0.4, -0.2) is 24.4 Å². The average Bonchev–Trinajstić information content (AvgIpc) is 3.33. The highest BCUT2D eigenvalue weighted by Crippen LogP contribution is 2.51. The van der Waals surface area contributed by atoms with Gasteiger partial charge in [-0.15, -0.1) is 9.24 Å². The number of fused-ring (bicyclic) bond motifs is 3. The van der Waals surface area contributed by atoms with Gasteiger partial charge < -0.3 is 10.6 Å². The molecule has 0 radical (unpaired) electrons. The Balaban J connectivity index is 1.23. The normalized spacial score (nSPS) is 13.7. The molecule has 0 saturated heterocycles. The first-order valence-corrected chi connectivity index (χ1v) is 16.9. The summed E-state index contributed by atoms with van der Waals surface area (Å²) in [5, 5.41) is 7.25. The number of amides is 2. The van der Waals surface area contributed by atoms with Crippen LogP contribution in [0.15, 0.2) is 103 Å². The number of allylic oxidation sites excluding steroid dienone is 1. The van der Waals surface area contributed by atoms with Crippen LogP contribution < -0.4 is 10.6 Å². The Morgan fingerprint density at radius 1 is 0.841 bits per heavy atom. The van der Waals surface area contributed by atoms with Gasteiger partial charge in [0.05, 0.1) is 0 Å². The Morgan fingerprint density at radius 2 is 1.50 bits per heavy atom. The lowest BCUT2D eigenvalue weighted by atomic mass is 9.73. The predicted octanol–water partition coefficient (Wildman–Crippen LogP) is 8.66. The molecule has 3 aromatic rings. The van der Waals surface area contributed by atoms with E-state index in [4.69, 9.17) is 0 Å².